The maximum atomic E-state index is 13.2. The molecule has 6 nitrogen and oxygen atoms in total. The van der Waals surface area contributed by atoms with Crippen LogP contribution in [0.2, 0.25) is 5.02 Å². The molecule has 3 fully saturated rings. The van der Waals surface area contributed by atoms with E-state index in [1.807, 2.05) is 4.90 Å². The van der Waals surface area contributed by atoms with Gasteiger partial charge in [-0.3, -0.25) is 14.3 Å². The van der Waals surface area contributed by atoms with Crippen LogP contribution in [0.5, 0.6) is 0 Å². The Morgan fingerprint density at radius 2 is 2.07 bits per heavy atom. The van der Waals surface area contributed by atoms with Gasteiger partial charge in [0.2, 0.25) is 5.91 Å². The van der Waals surface area contributed by atoms with E-state index in [0.29, 0.717) is 53.9 Å². The zero-order valence-corrected chi connectivity index (χ0v) is 17.9. The minimum Gasteiger partial charge on any atom is -0.337 e. The van der Waals surface area contributed by atoms with Gasteiger partial charge < -0.3 is 9.80 Å². The number of amides is 2. The second-order valence-corrected chi connectivity index (χ2v) is 9.64. The molecule has 1 aromatic rings. The monoisotopic (exact) mass is 406 g/mol. The highest BCUT2D eigenvalue weighted by Gasteiger charge is 2.50. The Morgan fingerprint density at radius 3 is 2.75 bits per heavy atom. The number of likely N-dealkylation sites (tertiary alicyclic amines) is 1. The third-order valence-electron chi connectivity index (χ3n) is 6.92. The molecular weight excluding hydrogens is 376 g/mol. The Kier molecular flexibility index (Phi) is 5.43. The van der Waals surface area contributed by atoms with Gasteiger partial charge in [-0.15, -0.1) is 0 Å². The number of hydrogen-bond acceptors (Lipinski definition) is 3. The fourth-order valence-electron chi connectivity index (χ4n) is 5.62. The minimum absolute atomic E-state index is 0.0297. The summed E-state index contributed by atoms with van der Waals surface area (Å²) in [5.41, 5.74) is 0.469. The SMILES string of the molecule is CC(C)CC[C@H]1[C@H]2C[C@H](CN(C(=O)c3c(Cl)cnn3C)C2)[C@@H]2CCCC(=O)N21. The predicted molar refractivity (Wildman–Crippen MR) is 108 cm³/mol. The summed E-state index contributed by atoms with van der Waals surface area (Å²) >= 11 is 6.24. The first-order valence-electron chi connectivity index (χ1n) is 10.6. The lowest BCUT2D eigenvalue weighted by molar-refractivity contribution is -0.152. The highest BCUT2D eigenvalue weighted by atomic mass is 35.5. The van der Waals surface area contributed by atoms with Crippen LogP contribution in [0.25, 0.3) is 0 Å². The van der Waals surface area contributed by atoms with Crippen LogP contribution >= 0.6 is 11.6 Å². The van der Waals surface area contributed by atoms with Gasteiger partial charge in [0, 0.05) is 38.6 Å². The van der Waals surface area contributed by atoms with Crippen molar-refractivity contribution >= 4 is 23.4 Å². The maximum Gasteiger partial charge on any atom is 0.273 e. The highest BCUT2D eigenvalue weighted by molar-refractivity contribution is 6.33. The first-order chi connectivity index (χ1) is 13.4. The van der Waals surface area contributed by atoms with E-state index in [1.54, 1.807) is 11.7 Å². The zero-order valence-electron chi connectivity index (χ0n) is 17.1. The number of carbonyl (C=O) groups is 2. The molecule has 0 spiro atoms. The summed E-state index contributed by atoms with van der Waals surface area (Å²) in [4.78, 5) is 30.3. The number of nitrogens with zero attached hydrogens (tertiary/aromatic N) is 4. The van der Waals surface area contributed by atoms with Gasteiger partial charge in [0.25, 0.3) is 5.91 Å². The number of aryl methyl sites for hydroxylation is 1. The largest absolute Gasteiger partial charge is 0.337 e. The Bertz CT molecular complexity index is 742. The van der Waals surface area contributed by atoms with Crippen LogP contribution in [0.4, 0.5) is 0 Å². The van der Waals surface area contributed by atoms with Crippen LogP contribution in [0.3, 0.4) is 0 Å². The van der Waals surface area contributed by atoms with Crippen molar-refractivity contribution in [2.75, 3.05) is 13.1 Å². The smallest absolute Gasteiger partial charge is 0.273 e. The second kappa shape index (κ2) is 7.69. The summed E-state index contributed by atoms with van der Waals surface area (Å²) in [6.45, 7) is 5.89. The molecular formula is C21H31ClN4O2. The summed E-state index contributed by atoms with van der Waals surface area (Å²) in [6, 6.07) is 0.543. The first kappa shape index (κ1) is 19.7. The lowest BCUT2D eigenvalue weighted by Gasteiger charge is -2.56. The molecule has 4 rings (SSSR count). The third-order valence-corrected chi connectivity index (χ3v) is 7.20. The van der Waals surface area contributed by atoms with E-state index in [4.69, 9.17) is 11.6 Å². The van der Waals surface area contributed by atoms with Crippen LogP contribution in [0, 0.1) is 17.8 Å². The molecule has 0 saturated carbocycles. The summed E-state index contributed by atoms with van der Waals surface area (Å²) < 4.78 is 1.57. The molecule has 0 N–H and O–H groups in total. The minimum atomic E-state index is -0.0297. The fraction of sp³-hybridized carbons (Fsp3) is 0.762. The number of piperidine rings is 3. The van der Waals surface area contributed by atoms with Gasteiger partial charge in [-0.2, -0.15) is 5.10 Å². The van der Waals surface area contributed by atoms with Gasteiger partial charge >= 0.3 is 0 Å². The molecule has 0 unspecified atom stereocenters. The van der Waals surface area contributed by atoms with Gasteiger partial charge in [0.15, 0.2) is 0 Å². The highest BCUT2D eigenvalue weighted by Crippen LogP contribution is 2.43. The van der Waals surface area contributed by atoms with Crippen molar-refractivity contribution < 1.29 is 9.59 Å². The van der Waals surface area contributed by atoms with E-state index < -0.39 is 0 Å². The van der Waals surface area contributed by atoms with Crippen LogP contribution in [-0.2, 0) is 11.8 Å². The molecule has 3 aliphatic rings. The fourth-order valence-corrected chi connectivity index (χ4v) is 5.87. The number of carbonyl (C=O) groups excluding carboxylic acids is 2. The van der Waals surface area contributed by atoms with E-state index in [9.17, 15) is 9.59 Å². The summed E-state index contributed by atoms with van der Waals surface area (Å²) in [5.74, 6) is 1.64. The lowest BCUT2D eigenvalue weighted by atomic mass is 9.70. The predicted octanol–water partition coefficient (Wildman–Crippen LogP) is 3.35. The van der Waals surface area contributed by atoms with Crippen LogP contribution in [0.1, 0.15) is 62.9 Å². The summed E-state index contributed by atoms with van der Waals surface area (Å²) in [6.07, 6.45) is 7.53. The van der Waals surface area contributed by atoms with Gasteiger partial charge in [-0.1, -0.05) is 25.4 Å². The van der Waals surface area contributed by atoms with Crippen molar-refractivity contribution in [2.24, 2.45) is 24.8 Å². The van der Waals surface area contributed by atoms with Gasteiger partial charge in [0.1, 0.15) is 5.69 Å². The molecule has 0 aliphatic carbocycles. The molecule has 28 heavy (non-hydrogen) atoms. The average Bonchev–Trinajstić information content (AvgIpc) is 2.99. The van der Waals surface area contributed by atoms with Gasteiger partial charge in [-0.05, 0) is 49.9 Å². The molecule has 1 aromatic heterocycles. The van der Waals surface area contributed by atoms with Gasteiger partial charge in [0.05, 0.1) is 11.2 Å². The molecule has 154 valence electrons. The molecule has 3 saturated heterocycles. The Hall–Kier alpha value is -1.56. The number of fused-ring (bicyclic) bond motifs is 4. The van der Waals surface area contributed by atoms with Crippen molar-refractivity contribution in [1.82, 2.24) is 19.6 Å². The van der Waals surface area contributed by atoms with E-state index in [1.165, 1.54) is 6.20 Å². The molecule has 7 heteroatoms. The molecule has 0 radical (unpaired) electrons. The quantitative estimate of drug-likeness (QED) is 0.770. The topological polar surface area (TPSA) is 58.4 Å². The molecule has 3 aliphatic heterocycles. The standard InChI is InChI=1S/C21H31ClN4O2/c1-13(2)7-8-18-15-9-14(17-5-4-6-19(27)26(17)18)11-25(12-15)21(28)20-16(22)10-23-24(20)3/h10,13-15,17-18H,4-9,11-12H2,1-3H3/t14-,15+,17+,18+/m1/s1. The molecule has 2 bridgehead atoms. The second-order valence-electron chi connectivity index (χ2n) is 9.23. The zero-order chi connectivity index (χ0) is 20.0. The summed E-state index contributed by atoms with van der Waals surface area (Å²) in [5, 5.41) is 4.54. The Morgan fingerprint density at radius 1 is 1.32 bits per heavy atom. The number of halogens is 1. The summed E-state index contributed by atoms with van der Waals surface area (Å²) in [7, 11) is 1.76. The number of aromatic nitrogens is 2. The van der Waals surface area contributed by atoms with E-state index >= 15 is 0 Å². The van der Waals surface area contributed by atoms with E-state index in [2.05, 4.69) is 23.8 Å². The van der Waals surface area contributed by atoms with Crippen LogP contribution < -0.4 is 0 Å². The van der Waals surface area contributed by atoms with Crippen LogP contribution in [0.15, 0.2) is 6.20 Å². The third kappa shape index (κ3) is 3.44. The maximum absolute atomic E-state index is 13.2. The molecule has 0 aromatic carbocycles. The first-order valence-corrected chi connectivity index (χ1v) is 11.0. The molecule has 4 atom stereocenters. The van der Waals surface area contributed by atoms with Gasteiger partial charge in [-0.25, -0.2) is 0 Å². The van der Waals surface area contributed by atoms with E-state index in [0.717, 1.165) is 32.1 Å². The number of hydrogen-bond donors (Lipinski definition) is 0. The lowest BCUT2D eigenvalue weighted by Crippen LogP contribution is -2.65. The van der Waals surface area contributed by atoms with E-state index in [-0.39, 0.29) is 18.0 Å². The van der Waals surface area contributed by atoms with Crippen molar-refractivity contribution in [3.63, 3.8) is 0 Å². The van der Waals surface area contributed by atoms with Crippen molar-refractivity contribution in [2.45, 2.75) is 64.5 Å². The Balaban J connectivity index is 1.60. The van der Waals surface area contributed by atoms with Crippen molar-refractivity contribution in [1.29, 1.82) is 0 Å². The number of rotatable bonds is 4. The average molecular weight is 407 g/mol. The molecule has 2 amide bonds. The van der Waals surface area contributed by atoms with Crippen molar-refractivity contribution in [3.8, 4) is 0 Å². The van der Waals surface area contributed by atoms with Crippen molar-refractivity contribution in [3.05, 3.63) is 16.9 Å². The van der Waals surface area contributed by atoms with Crippen LogP contribution in [-0.4, -0.2) is 56.6 Å². The normalized spacial score (nSPS) is 30.0. The Labute approximate surface area is 172 Å². The molecule has 4 heterocycles.